The van der Waals surface area contributed by atoms with Gasteiger partial charge >= 0.3 is 7.82 Å². The zero-order valence-electron chi connectivity index (χ0n) is 11.6. The van der Waals surface area contributed by atoms with Crippen molar-refractivity contribution in [1.29, 1.82) is 0 Å². The van der Waals surface area contributed by atoms with Crippen LogP contribution < -0.4 is 5.32 Å². The Bertz CT molecular complexity index is 686. The molecule has 0 spiro atoms. The summed E-state index contributed by atoms with van der Waals surface area (Å²) in [6, 6.07) is 0. The third-order valence-corrected chi connectivity index (χ3v) is 3.55. The second-order valence-electron chi connectivity index (χ2n) is 4.18. The number of nitrogens with zero attached hydrogens (tertiary/aromatic N) is 3. The molecule has 1 unspecified atom stereocenters. The molecule has 0 saturated heterocycles. The maximum atomic E-state index is 11.1. The Hall–Kier alpha value is -1.80. The molecule has 0 saturated carbocycles. The molecule has 3 N–H and O–H groups in total. The Morgan fingerprint density at radius 3 is 3.10 bits per heavy atom. The van der Waals surface area contributed by atoms with Gasteiger partial charge in [0.05, 0.1) is 12.9 Å². The van der Waals surface area contributed by atoms with E-state index in [0.29, 0.717) is 18.0 Å². The summed E-state index contributed by atoms with van der Waals surface area (Å²) >= 11 is 0. The molecule has 2 aromatic heterocycles. The van der Waals surface area contributed by atoms with Crippen LogP contribution in [-0.2, 0) is 13.6 Å². The third-order valence-electron chi connectivity index (χ3n) is 2.63. The number of H-pyrrole nitrogens is 1. The average Bonchev–Trinajstić information content (AvgIpc) is 2.95. The summed E-state index contributed by atoms with van der Waals surface area (Å²) in [5.74, 6) is 0.632. The zero-order chi connectivity index (χ0) is 15.3. The van der Waals surface area contributed by atoms with Crippen molar-refractivity contribution in [2.45, 2.75) is 6.92 Å². The Balaban J connectivity index is 1.90. The van der Waals surface area contributed by atoms with Gasteiger partial charge in [0.2, 0.25) is 0 Å². The van der Waals surface area contributed by atoms with Crippen LogP contribution in [0.15, 0.2) is 24.3 Å². The van der Waals surface area contributed by atoms with Gasteiger partial charge in [-0.05, 0) is 12.5 Å². The lowest BCUT2D eigenvalue weighted by Gasteiger charge is -2.09. The molecule has 0 amide bonds. The van der Waals surface area contributed by atoms with Gasteiger partial charge < -0.3 is 15.2 Å². The molecule has 10 heteroatoms. The van der Waals surface area contributed by atoms with E-state index in [1.807, 2.05) is 6.08 Å². The molecule has 0 aliphatic heterocycles. The first-order valence-corrected chi connectivity index (χ1v) is 7.58. The van der Waals surface area contributed by atoms with Crippen LogP contribution in [0.2, 0.25) is 0 Å². The van der Waals surface area contributed by atoms with E-state index >= 15 is 0 Å². The van der Waals surface area contributed by atoms with Gasteiger partial charge in [-0.1, -0.05) is 6.08 Å². The molecule has 0 aliphatic carbocycles. The van der Waals surface area contributed by atoms with Crippen LogP contribution in [0, 0.1) is 0 Å². The first kappa shape index (κ1) is 15.6. The molecule has 0 radical (unpaired) electrons. The number of anilines is 1. The normalized spacial score (nSPS) is 15.1. The van der Waals surface area contributed by atoms with Gasteiger partial charge in [-0.3, -0.25) is 9.05 Å². The number of nitrogens with one attached hydrogen (secondary N) is 2. The number of hydrogen-bond donors (Lipinski definition) is 3. The number of aromatic amines is 1. The number of fused-ring (bicyclic) bond motifs is 1. The lowest BCUT2D eigenvalue weighted by atomic mass is 10.3. The molecule has 9 nitrogen and oxygen atoms in total. The fourth-order valence-corrected chi connectivity index (χ4v) is 1.99. The number of phosphoric ester groups is 1. The summed E-state index contributed by atoms with van der Waals surface area (Å²) in [7, 11) is -2.82. The molecule has 21 heavy (non-hydrogen) atoms. The van der Waals surface area contributed by atoms with Gasteiger partial charge in [0.15, 0.2) is 11.5 Å². The van der Waals surface area contributed by atoms with E-state index in [-0.39, 0.29) is 6.61 Å². The molecule has 0 bridgehead atoms. The van der Waals surface area contributed by atoms with Crippen molar-refractivity contribution in [2.75, 3.05) is 25.6 Å². The molecule has 114 valence electrons. The molecule has 0 aliphatic rings. The summed E-state index contributed by atoms with van der Waals surface area (Å²) in [5.41, 5.74) is 2.08. The lowest BCUT2D eigenvalue weighted by molar-refractivity contribution is 0.185. The average molecular weight is 313 g/mol. The highest BCUT2D eigenvalue weighted by molar-refractivity contribution is 7.47. The van der Waals surface area contributed by atoms with Crippen LogP contribution in [0.3, 0.4) is 0 Å². The predicted octanol–water partition coefficient (Wildman–Crippen LogP) is 1.47. The summed E-state index contributed by atoms with van der Waals surface area (Å²) < 4.78 is 20.2. The predicted molar refractivity (Wildman–Crippen MR) is 76.7 cm³/mol. The van der Waals surface area contributed by atoms with Crippen molar-refractivity contribution in [3.63, 3.8) is 0 Å². The summed E-state index contributed by atoms with van der Waals surface area (Å²) in [4.78, 5) is 24.2. The highest BCUT2D eigenvalue weighted by atomic mass is 31.2. The number of imidazole rings is 1. The van der Waals surface area contributed by atoms with Crippen molar-refractivity contribution < 1.29 is 18.5 Å². The Labute approximate surface area is 121 Å². The van der Waals surface area contributed by atoms with E-state index in [0.717, 1.165) is 18.2 Å². The summed E-state index contributed by atoms with van der Waals surface area (Å²) in [5, 5.41) is 3.10. The van der Waals surface area contributed by atoms with E-state index in [1.165, 1.54) is 6.33 Å². The first-order chi connectivity index (χ1) is 10.0. The molecule has 1 atom stereocenters. The van der Waals surface area contributed by atoms with Crippen LogP contribution in [0.1, 0.15) is 6.92 Å². The standard InChI is InChI=1S/C11H16N5O4P/c1-8(5-20-21(17,18)19-2)3-4-12-10-9-11(14-6-13-9)16-7-15-10/h3,6-7H,4-5H2,1-2H3,(H,17,18)(H2,12,13,14,15,16)/b8-3+. The Morgan fingerprint density at radius 1 is 1.52 bits per heavy atom. The van der Waals surface area contributed by atoms with Gasteiger partial charge in [-0.25, -0.2) is 19.5 Å². The number of rotatable bonds is 7. The molecular formula is C11H16N5O4P. The monoisotopic (exact) mass is 313 g/mol. The molecule has 2 heterocycles. The van der Waals surface area contributed by atoms with Crippen molar-refractivity contribution in [3.05, 3.63) is 24.3 Å². The summed E-state index contributed by atoms with van der Waals surface area (Å²) in [6.45, 7) is 2.26. The summed E-state index contributed by atoms with van der Waals surface area (Å²) in [6.07, 6.45) is 4.79. The van der Waals surface area contributed by atoms with Crippen LogP contribution in [-0.4, -0.2) is 45.1 Å². The Morgan fingerprint density at radius 2 is 2.33 bits per heavy atom. The van der Waals surface area contributed by atoms with Gasteiger partial charge in [0.1, 0.15) is 11.8 Å². The van der Waals surface area contributed by atoms with Crippen LogP contribution in [0.5, 0.6) is 0 Å². The van der Waals surface area contributed by atoms with E-state index in [9.17, 15) is 4.57 Å². The second-order valence-corrected chi connectivity index (χ2v) is 5.74. The van der Waals surface area contributed by atoms with Crippen molar-refractivity contribution >= 4 is 24.8 Å². The van der Waals surface area contributed by atoms with Crippen molar-refractivity contribution in [3.8, 4) is 0 Å². The third kappa shape index (κ3) is 4.33. The molecular weight excluding hydrogens is 297 g/mol. The molecule has 2 rings (SSSR count). The molecule has 0 fully saturated rings. The largest absolute Gasteiger partial charge is 0.472 e. The number of hydrogen-bond acceptors (Lipinski definition) is 7. The SMILES string of the molecule is COP(=O)(O)OC/C(C)=C/CNc1ncnc2nc[nH]c12. The lowest BCUT2D eigenvalue weighted by Crippen LogP contribution is -2.04. The van der Waals surface area contributed by atoms with Gasteiger partial charge in [-0.2, -0.15) is 0 Å². The highest BCUT2D eigenvalue weighted by Gasteiger charge is 2.17. The maximum Gasteiger partial charge on any atom is 0.472 e. The minimum Gasteiger partial charge on any atom is -0.365 e. The van der Waals surface area contributed by atoms with Crippen molar-refractivity contribution in [2.24, 2.45) is 0 Å². The number of phosphoric acid groups is 1. The Kier molecular flexibility index (Phi) is 5.03. The van der Waals surface area contributed by atoms with Crippen LogP contribution in [0.25, 0.3) is 11.2 Å². The zero-order valence-corrected chi connectivity index (χ0v) is 12.5. The molecule has 2 aromatic rings. The van der Waals surface area contributed by atoms with E-state index in [2.05, 4.69) is 29.8 Å². The minimum atomic E-state index is -3.94. The van der Waals surface area contributed by atoms with E-state index in [1.54, 1.807) is 13.3 Å². The van der Waals surface area contributed by atoms with Gasteiger partial charge in [0.25, 0.3) is 0 Å². The van der Waals surface area contributed by atoms with Crippen LogP contribution in [0.4, 0.5) is 5.82 Å². The minimum absolute atomic E-state index is 0.00649. The van der Waals surface area contributed by atoms with Crippen molar-refractivity contribution in [1.82, 2.24) is 19.9 Å². The van der Waals surface area contributed by atoms with Gasteiger partial charge in [0, 0.05) is 13.7 Å². The van der Waals surface area contributed by atoms with E-state index in [4.69, 9.17) is 9.42 Å². The second kappa shape index (κ2) is 6.77. The fraction of sp³-hybridized carbons (Fsp3) is 0.364. The molecule has 0 aromatic carbocycles. The smallest absolute Gasteiger partial charge is 0.365 e. The quantitative estimate of drug-likeness (QED) is 0.519. The fourth-order valence-electron chi connectivity index (χ4n) is 1.52. The van der Waals surface area contributed by atoms with Gasteiger partial charge in [-0.15, -0.1) is 0 Å². The first-order valence-electron chi connectivity index (χ1n) is 6.08. The highest BCUT2D eigenvalue weighted by Crippen LogP contribution is 2.42. The van der Waals surface area contributed by atoms with E-state index < -0.39 is 7.82 Å². The van der Waals surface area contributed by atoms with Crippen LogP contribution >= 0.6 is 7.82 Å². The number of aromatic nitrogens is 4. The topological polar surface area (TPSA) is 122 Å². The maximum absolute atomic E-state index is 11.1.